The van der Waals surface area contributed by atoms with Gasteiger partial charge >= 0.3 is 0 Å². The second-order valence-corrected chi connectivity index (χ2v) is 1.91. The van der Waals surface area contributed by atoms with E-state index >= 15 is 0 Å². The highest BCUT2D eigenvalue weighted by atomic mass is 16.7. The monoisotopic (exact) mass is 215 g/mol. The Bertz CT molecular complexity index is 453. The molecule has 0 radical (unpaired) electrons. The first-order valence-corrected chi connectivity index (χ1v) is 3.34. The molecule has 0 atom stereocenters. The molecule has 0 saturated carbocycles. The van der Waals surface area contributed by atoms with E-state index in [4.69, 9.17) is 5.21 Å². The van der Waals surface area contributed by atoms with E-state index in [0.29, 0.717) is 0 Å². The highest BCUT2D eigenvalue weighted by molar-refractivity contribution is 5.27. The molecule has 2 heterocycles. The van der Waals surface area contributed by atoms with Crippen LogP contribution < -0.4 is 5.90 Å². The molecule has 0 aliphatic carbocycles. The minimum atomic E-state index is -0.910. The van der Waals surface area contributed by atoms with Crippen molar-refractivity contribution < 1.29 is 16.1 Å². The fourth-order valence-electron chi connectivity index (χ4n) is 0.679. The van der Waals surface area contributed by atoms with Crippen molar-refractivity contribution in [1.82, 2.24) is 30.0 Å². The van der Waals surface area contributed by atoms with Crippen LogP contribution >= 0.6 is 0 Å². The fraction of sp³-hybridized carbons (Fsp3) is 0. The van der Waals surface area contributed by atoms with Gasteiger partial charge in [-0.1, -0.05) is 5.43 Å². The second kappa shape index (κ2) is 4.68. The molecule has 12 nitrogen and oxygen atoms in total. The second-order valence-electron chi connectivity index (χ2n) is 1.91. The number of hydrogen-bond acceptors (Lipinski definition) is 8. The molecule has 2 rings (SSSR count). The largest absolute Gasteiger partial charge is 0.279 e. The molecular weight excluding hydrogens is 210 g/mol. The molecule has 0 aromatic carbocycles. The zero-order chi connectivity index (χ0) is 11.3. The Kier molecular flexibility index (Phi) is 3.31. The molecule has 0 fully saturated rings. The highest BCUT2D eigenvalue weighted by Crippen LogP contribution is 2.06. The first kappa shape index (κ1) is 10.6. The summed E-state index contributed by atoms with van der Waals surface area (Å²) in [7, 11) is 0. The van der Waals surface area contributed by atoms with Gasteiger partial charge in [-0.2, -0.15) is 5.10 Å². The summed E-state index contributed by atoms with van der Waals surface area (Å²) in [6, 6.07) is 0. The number of hydrogen-bond donors (Lipinski definition) is 2. The summed E-state index contributed by atoms with van der Waals surface area (Å²) in [6.07, 6.45) is 1.24. The van der Waals surface area contributed by atoms with Gasteiger partial charge in [0, 0.05) is 0 Å². The molecule has 80 valence electrons. The smallest absolute Gasteiger partial charge is 0.265 e. The third-order valence-corrected chi connectivity index (χ3v) is 1.11. The van der Waals surface area contributed by atoms with Crippen molar-refractivity contribution in [1.29, 1.82) is 0 Å². The summed E-state index contributed by atoms with van der Waals surface area (Å²) >= 11 is 0. The Hall–Kier alpha value is -2.47. The van der Waals surface area contributed by atoms with Crippen LogP contribution in [0.1, 0.15) is 0 Å². The molecule has 15 heavy (non-hydrogen) atoms. The lowest BCUT2D eigenvalue weighted by molar-refractivity contribution is -0.670. The van der Waals surface area contributed by atoms with Crippen LogP contribution in [0.2, 0.25) is 0 Å². The normalized spacial score (nSPS) is 9.20. The zero-order valence-corrected chi connectivity index (χ0v) is 7.13. The number of quaternary nitrogens is 1. The lowest BCUT2D eigenvalue weighted by atomic mass is 11.0. The number of nitro groups is 1. The van der Waals surface area contributed by atoms with Crippen molar-refractivity contribution in [3.8, 4) is 0 Å². The molecule has 4 N–H and O–H groups in total. The summed E-state index contributed by atoms with van der Waals surface area (Å²) in [5, 5.41) is 33.1. The van der Waals surface area contributed by atoms with Gasteiger partial charge in [-0.3, -0.25) is 10.2 Å². The van der Waals surface area contributed by atoms with E-state index in [1.165, 1.54) is 6.33 Å². The summed E-state index contributed by atoms with van der Waals surface area (Å²) < 4.78 is 1.13. The molecule has 0 aliphatic heterocycles. The van der Waals surface area contributed by atoms with Gasteiger partial charge in [0.05, 0.1) is 0 Å². The van der Waals surface area contributed by atoms with Crippen LogP contribution in [0.5, 0.6) is 0 Å². The van der Waals surface area contributed by atoms with Gasteiger partial charge in [0.2, 0.25) is 0 Å². The molecule has 12 heteroatoms. The maximum atomic E-state index is 9.93. The maximum Gasteiger partial charge on any atom is 0.265 e. The van der Waals surface area contributed by atoms with E-state index in [1.807, 2.05) is 0 Å². The molecule has 0 unspecified atom stereocenters. The van der Waals surface area contributed by atoms with Crippen LogP contribution in [0.15, 0.2) is 6.33 Å². The highest BCUT2D eigenvalue weighted by Gasteiger charge is 1.97. The summed E-state index contributed by atoms with van der Waals surface area (Å²) in [6.45, 7) is 0. The molecule has 0 spiro atoms. The van der Waals surface area contributed by atoms with E-state index in [9.17, 15) is 10.1 Å². The molecule has 2 aromatic rings. The molecule has 0 bridgehead atoms. The number of nitrogens with zero attached hydrogens (tertiary/aromatic N) is 8. The predicted octanol–water partition coefficient (Wildman–Crippen LogP) is -2.27. The summed E-state index contributed by atoms with van der Waals surface area (Å²) in [4.78, 5) is 9.93. The molecule has 2 aromatic heterocycles. The number of fused-ring (bicyclic) bond motifs is 1. The van der Waals surface area contributed by atoms with E-state index in [2.05, 4.69) is 36.8 Å². The van der Waals surface area contributed by atoms with Gasteiger partial charge in [0.15, 0.2) is 0 Å². The summed E-state index contributed by atoms with van der Waals surface area (Å²) in [5.74, 6) is 2.06. The molecular formula is C3H5N9O3. The van der Waals surface area contributed by atoms with Gasteiger partial charge in [0.1, 0.15) is 17.3 Å². The van der Waals surface area contributed by atoms with Gasteiger partial charge in [0.25, 0.3) is 5.78 Å². The van der Waals surface area contributed by atoms with Crippen molar-refractivity contribution in [2.75, 3.05) is 0 Å². The predicted molar refractivity (Wildman–Crippen MR) is 41.1 cm³/mol. The van der Waals surface area contributed by atoms with Crippen LogP contribution in [0.4, 0.5) is 5.95 Å². The molecule has 0 saturated heterocycles. The topological polar surface area (TPSA) is 174 Å². The van der Waals surface area contributed by atoms with Crippen LogP contribution in [-0.4, -0.2) is 40.2 Å². The van der Waals surface area contributed by atoms with Crippen molar-refractivity contribution in [3.05, 3.63) is 21.9 Å². The third kappa shape index (κ3) is 2.48. The quantitative estimate of drug-likeness (QED) is 0.416. The van der Waals surface area contributed by atoms with E-state index in [0.717, 1.165) is 4.52 Å². The Morgan fingerprint density at radius 2 is 2.20 bits per heavy atom. The molecule has 0 amide bonds. The lowest BCUT2D eigenvalue weighted by Gasteiger charge is -2.01. The third-order valence-electron chi connectivity index (χ3n) is 1.11. The van der Waals surface area contributed by atoms with E-state index in [1.54, 1.807) is 0 Å². The fourth-order valence-corrected chi connectivity index (χ4v) is 0.679. The SMILES string of the molecule is O=[N+]([O-])[N-]c1nnc2nncn2n1.[NH3+]O. The van der Waals surface area contributed by atoms with Gasteiger partial charge in [-0.25, -0.2) is 25.7 Å². The van der Waals surface area contributed by atoms with Crippen molar-refractivity contribution in [2.24, 2.45) is 0 Å². The first-order valence-electron chi connectivity index (χ1n) is 3.34. The van der Waals surface area contributed by atoms with E-state index < -0.39 is 5.03 Å². The Labute approximate surface area is 80.8 Å². The van der Waals surface area contributed by atoms with Crippen molar-refractivity contribution in [3.63, 3.8) is 0 Å². The minimum absolute atomic E-state index is 0.155. The van der Waals surface area contributed by atoms with Crippen LogP contribution in [0.25, 0.3) is 11.2 Å². The van der Waals surface area contributed by atoms with Gasteiger partial charge in [-0.15, -0.1) is 10.2 Å². The molecule has 0 aliphatic rings. The minimum Gasteiger partial charge on any atom is -0.279 e. The lowest BCUT2D eigenvalue weighted by Crippen LogP contribution is -2.42. The van der Waals surface area contributed by atoms with E-state index in [-0.39, 0.29) is 11.7 Å². The number of rotatable bonds is 2. The maximum absolute atomic E-state index is 9.93. The van der Waals surface area contributed by atoms with Crippen LogP contribution in [-0.2, 0) is 0 Å². The first-order chi connectivity index (χ1) is 7.25. The average molecular weight is 215 g/mol. The van der Waals surface area contributed by atoms with Gasteiger partial charge in [-0.05, 0) is 0 Å². The Morgan fingerprint density at radius 1 is 1.47 bits per heavy atom. The van der Waals surface area contributed by atoms with Crippen LogP contribution in [0, 0.1) is 10.1 Å². The van der Waals surface area contributed by atoms with Gasteiger partial charge < -0.3 is 0 Å². The number of aromatic nitrogens is 6. The standard InChI is InChI=1S/C3HN8O2.H4NO/c12-11(13)9-2-5-7-3-6-4-1-10(3)8-2;1-2/h1H;2H,1H3/q-1;+1. The summed E-state index contributed by atoms with van der Waals surface area (Å²) in [5.41, 5.74) is 2.85. The Morgan fingerprint density at radius 3 is 2.87 bits per heavy atom. The zero-order valence-electron chi connectivity index (χ0n) is 7.13. The van der Waals surface area contributed by atoms with Crippen molar-refractivity contribution in [2.45, 2.75) is 0 Å². The average Bonchev–Trinajstić information content (AvgIpc) is 2.67. The van der Waals surface area contributed by atoms with Crippen LogP contribution in [0.3, 0.4) is 0 Å². The van der Waals surface area contributed by atoms with Crippen molar-refractivity contribution >= 4 is 11.7 Å². The Balaban J connectivity index is 0.000000531.